The van der Waals surface area contributed by atoms with Crippen LogP contribution in [0.4, 0.5) is 5.69 Å². The fourth-order valence-corrected chi connectivity index (χ4v) is 3.49. The number of hydrogen-bond donors (Lipinski definition) is 1. The van der Waals surface area contributed by atoms with Crippen molar-refractivity contribution < 1.29 is 14.7 Å². The van der Waals surface area contributed by atoms with Crippen LogP contribution in [0.5, 0.6) is 0 Å². The number of aliphatic hydroxyl groups excluding tert-OH is 1. The predicted octanol–water partition coefficient (Wildman–Crippen LogP) is 4.89. The maximum Gasteiger partial charge on any atom is 0.294 e. The molecule has 0 radical (unpaired) electrons. The largest absolute Gasteiger partial charge is 0.503 e. The van der Waals surface area contributed by atoms with Gasteiger partial charge in [0.1, 0.15) is 0 Å². The number of nitrogens with zero attached hydrogens (tertiary/aromatic N) is 2. The summed E-state index contributed by atoms with van der Waals surface area (Å²) in [6.45, 7) is 11.7. The number of amides is 1. The summed E-state index contributed by atoms with van der Waals surface area (Å²) in [6, 6.07) is 10.5. The van der Waals surface area contributed by atoms with Gasteiger partial charge in [-0.2, -0.15) is 0 Å². The smallest absolute Gasteiger partial charge is 0.294 e. The zero-order valence-corrected chi connectivity index (χ0v) is 17.9. The number of pyridine rings is 1. The minimum absolute atomic E-state index is 0.0220. The predicted molar refractivity (Wildman–Crippen MR) is 114 cm³/mol. The van der Waals surface area contributed by atoms with Gasteiger partial charge in [0.15, 0.2) is 11.5 Å². The summed E-state index contributed by atoms with van der Waals surface area (Å²) in [7, 11) is 0. The standard InChI is InChI=1S/C24H28N2O3/c1-23(2,3)16-7-9-17(10-8-16)26-19(15-11-13-25-14-12-15)18(20(27)22(26)29)21(28)24(4,5)6/h7-14,19,27H,1-6H3. The second-order valence-corrected chi connectivity index (χ2v) is 9.50. The molecule has 0 saturated carbocycles. The van der Waals surface area contributed by atoms with E-state index in [0.29, 0.717) is 5.69 Å². The van der Waals surface area contributed by atoms with Crippen LogP contribution in [0.1, 0.15) is 58.7 Å². The van der Waals surface area contributed by atoms with E-state index < -0.39 is 23.1 Å². The molecular weight excluding hydrogens is 364 g/mol. The van der Waals surface area contributed by atoms with Gasteiger partial charge >= 0.3 is 0 Å². The van der Waals surface area contributed by atoms with Crippen molar-refractivity contribution in [3.8, 4) is 0 Å². The molecule has 0 saturated heterocycles. The summed E-state index contributed by atoms with van der Waals surface area (Å²) in [5.74, 6) is -1.30. The first-order valence-corrected chi connectivity index (χ1v) is 9.75. The highest BCUT2D eigenvalue weighted by Crippen LogP contribution is 2.43. The Labute approximate surface area is 172 Å². The second kappa shape index (κ2) is 7.14. The normalized spacial score (nSPS) is 17.8. The topological polar surface area (TPSA) is 70.5 Å². The van der Waals surface area contributed by atoms with Crippen LogP contribution in [0.2, 0.25) is 0 Å². The Bertz CT molecular complexity index is 962. The molecule has 1 N–H and O–H groups in total. The minimum Gasteiger partial charge on any atom is -0.503 e. The van der Waals surface area contributed by atoms with E-state index in [9.17, 15) is 14.7 Å². The number of aromatic nitrogens is 1. The lowest BCUT2D eigenvalue weighted by molar-refractivity contribution is -0.123. The molecule has 5 heteroatoms. The van der Waals surface area contributed by atoms with E-state index >= 15 is 0 Å². The van der Waals surface area contributed by atoms with E-state index in [0.717, 1.165) is 11.1 Å². The zero-order chi connectivity index (χ0) is 21.6. The first-order valence-electron chi connectivity index (χ1n) is 9.75. The number of anilines is 1. The Kier molecular flexibility index (Phi) is 5.11. The van der Waals surface area contributed by atoms with Gasteiger partial charge in [-0.25, -0.2) is 0 Å². The van der Waals surface area contributed by atoms with Crippen molar-refractivity contribution in [3.05, 3.63) is 71.3 Å². The van der Waals surface area contributed by atoms with E-state index in [1.165, 1.54) is 4.90 Å². The number of ketones is 1. The molecule has 152 valence electrons. The molecule has 1 amide bonds. The summed E-state index contributed by atoms with van der Waals surface area (Å²) in [5.41, 5.74) is 1.87. The van der Waals surface area contributed by atoms with Crippen LogP contribution in [0, 0.1) is 5.41 Å². The average Bonchev–Trinajstić information content (AvgIpc) is 2.91. The highest BCUT2D eigenvalue weighted by atomic mass is 16.3. The summed E-state index contributed by atoms with van der Waals surface area (Å²) in [5, 5.41) is 10.7. The SMILES string of the molecule is CC(C)(C)C(=O)C1=C(O)C(=O)N(c2ccc(C(C)(C)C)cc2)C1c1ccncc1. The lowest BCUT2D eigenvalue weighted by Gasteiger charge is -2.29. The number of aliphatic hydroxyl groups is 1. The van der Waals surface area contributed by atoms with E-state index in [2.05, 4.69) is 25.8 Å². The summed E-state index contributed by atoms with van der Waals surface area (Å²) >= 11 is 0. The van der Waals surface area contributed by atoms with Gasteiger partial charge in [0.2, 0.25) is 0 Å². The molecule has 1 aliphatic rings. The number of benzene rings is 1. The molecule has 1 aliphatic heterocycles. The third-order valence-corrected chi connectivity index (χ3v) is 5.17. The van der Waals surface area contributed by atoms with Gasteiger partial charge in [-0.15, -0.1) is 0 Å². The molecule has 0 aliphatic carbocycles. The second-order valence-electron chi connectivity index (χ2n) is 9.50. The van der Waals surface area contributed by atoms with Crippen molar-refractivity contribution in [2.45, 2.75) is 53.0 Å². The molecule has 1 aromatic carbocycles. The van der Waals surface area contributed by atoms with E-state index in [4.69, 9.17) is 0 Å². The van der Waals surface area contributed by atoms with Crippen molar-refractivity contribution in [2.24, 2.45) is 5.41 Å². The molecule has 29 heavy (non-hydrogen) atoms. The molecule has 0 bridgehead atoms. The van der Waals surface area contributed by atoms with Crippen LogP contribution in [0.3, 0.4) is 0 Å². The van der Waals surface area contributed by atoms with Crippen molar-refractivity contribution in [2.75, 3.05) is 4.90 Å². The maximum atomic E-state index is 13.2. The first kappa shape index (κ1) is 20.8. The van der Waals surface area contributed by atoms with Crippen LogP contribution >= 0.6 is 0 Å². The van der Waals surface area contributed by atoms with Gasteiger partial charge in [0, 0.05) is 23.5 Å². The van der Waals surface area contributed by atoms with E-state index in [1.807, 2.05) is 24.3 Å². The summed E-state index contributed by atoms with van der Waals surface area (Å²) in [4.78, 5) is 31.8. The summed E-state index contributed by atoms with van der Waals surface area (Å²) < 4.78 is 0. The van der Waals surface area contributed by atoms with Crippen molar-refractivity contribution in [1.82, 2.24) is 4.98 Å². The Hall–Kier alpha value is -2.95. The van der Waals surface area contributed by atoms with Gasteiger partial charge < -0.3 is 5.11 Å². The first-order chi connectivity index (χ1) is 13.4. The maximum absolute atomic E-state index is 13.2. The lowest BCUT2D eigenvalue weighted by atomic mass is 9.82. The Balaban J connectivity index is 2.14. The number of rotatable bonds is 3. The van der Waals surface area contributed by atoms with Crippen LogP contribution in [-0.4, -0.2) is 21.8 Å². The van der Waals surface area contributed by atoms with Crippen molar-refractivity contribution in [1.29, 1.82) is 0 Å². The van der Waals surface area contributed by atoms with Crippen LogP contribution in [0.25, 0.3) is 0 Å². The molecule has 0 spiro atoms. The van der Waals surface area contributed by atoms with Gasteiger partial charge in [0.05, 0.1) is 11.6 Å². The fraction of sp³-hybridized carbons (Fsp3) is 0.375. The van der Waals surface area contributed by atoms with Gasteiger partial charge in [0.25, 0.3) is 5.91 Å². The fourth-order valence-electron chi connectivity index (χ4n) is 3.49. The van der Waals surface area contributed by atoms with Crippen molar-refractivity contribution >= 4 is 17.4 Å². The van der Waals surface area contributed by atoms with Crippen molar-refractivity contribution in [3.63, 3.8) is 0 Å². The summed E-state index contributed by atoms with van der Waals surface area (Å²) in [6.07, 6.45) is 3.24. The third kappa shape index (κ3) is 3.82. The Morgan fingerprint density at radius 1 is 0.966 bits per heavy atom. The van der Waals surface area contributed by atoms with E-state index in [-0.39, 0.29) is 16.8 Å². The average molecular weight is 392 g/mol. The molecule has 2 heterocycles. The monoisotopic (exact) mass is 392 g/mol. The Morgan fingerprint density at radius 3 is 2.00 bits per heavy atom. The molecule has 5 nitrogen and oxygen atoms in total. The van der Waals surface area contributed by atoms with Gasteiger partial charge in [-0.05, 0) is 40.8 Å². The Morgan fingerprint density at radius 2 is 1.52 bits per heavy atom. The molecule has 1 aromatic heterocycles. The quantitative estimate of drug-likeness (QED) is 0.807. The molecular formula is C24H28N2O3. The van der Waals surface area contributed by atoms with Crippen LogP contribution in [0.15, 0.2) is 60.1 Å². The highest BCUT2D eigenvalue weighted by molar-refractivity contribution is 6.17. The molecule has 2 aromatic rings. The van der Waals surface area contributed by atoms with Gasteiger partial charge in [-0.3, -0.25) is 19.5 Å². The van der Waals surface area contributed by atoms with Gasteiger partial charge in [-0.1, -0.05) is 53.7 Å². The number of carbonyl (C=O) groups is 2. The van der Waals surface area contributed by atoms with Crippen LogP contribution in [-0.2, 0) is 15.0 Å². The third-order valence-electron chi connectivity index (χ3n) is 5.17. The zero-order valence-electron chi connectivity index (χ0n) is 17.9. The molecule has 3 rings (SSSR count). The number of hydrogen-bond acceptors (Lipinski definition) is 4. The minimum atomic E-state index is -0.735. The molecule has 0 fully saturated rings. The molecule has 1 atom stereocenters. The highest BCUT2D eigenvalue weighted by Gasteiger charge is 2.46. The number of carbonyl (C=O) groups excluding carboxylic acids is 2. The van der Waals surface area contributed by atoms with Crippen LogP contribution < -0.4 is 4.90 Å². The van der Waals surface area contributed by atoms with E-state index in [1.54, 1.807) is 45.3 Å². The lowest BCUT2D eigenvalue weighted by Crippen LogP contribution is -2.32. The number of Topliss-reactive ketones (excluding diaryl/α,β-unsaturated/α-hetero) is 1. The molecule has 1 unspecified atom stereocenters.